The van der Waals surface area contributed by atoms with Gasteiger partial charge in [0.2, 0.25) is 10.0 Å². The minimum absolute atomic E-state index is 0.223. The number of hydrogen-bond acceptors (Lipinski definition) is 5. The van der Waals surface area contributed by atoms with Gasteiger partial charge in [-0.2, -0.15) is 4.31 Å². The first-order chi connectivity index (χ1) is 10.5. The molecule has 0 aliphatic carbocycles. The number of nitrogens with zero attached hydrogens (tertiary/aromatic N) is 3. The number of hydrogen-bond donors (Lipinski definition) is 1. The van der Waals surface area contributed by atoms with Crippen LogP contribution in [0.2, 0.25) is 0 Å². The Bertz CT molecular complexity index is 777. The Morgan fingerprint density at radius 2 is 1.95 bits per heavy atom. The van der Waals surface area contributed by atoms with E-state index < -0.39 is 10.0 Å². The summed E-state index contributed by atoms with van der Waals surface area (Å²) in [5.41, 5.74) is 0.739. The number of sulfonamides is 1. The Balaban J connectivity index is 1.93. The Kier molecular flexibility index (Phi) is 3.84. The first kappa shape index (κ1) is 14.9. The summed E-state index contributed by atoms with van der Waals surface area (Å²) in [6.45, 7) is 2.32. The van der Waals surface area contributed by atoms with Crippen molar-refractivity contribution in [1.29, 1.82) is 0 Å². The van der Waals surface area contributed by atoms with Crippen LogP contribution in [0.1, 0.15) is 24.0 Å². The van der Waals surface area contributed by atoms with Gasteiger partial charge in [0.1, 0.15) is 11.6 Å². The molecule has 2 aromatic rings. The minimum Gasteiger partial charge on any atom is -0.373 e. The third kappa shape index (κ3) is 2.57. The van der Waals surface area contributed by atoms with Crippen molar-refractivity contribution in [3.05, 3.63) is 47.9 Å². The second kappa shape index (κ2) is 5.66. The van der Waals surface area contributed by atoms with Crippen LogP contribution < -0.4 is 5.32 Å². The van der Waals surface area contributed by atoms with Crippen LogP contribution in [0, 0.1) is 6.92 Å². The van der Waals surface area contributed by atoms with Gasteiger partial charge in [0.25, 0.3) is 0 Å². The number of aromatic nitrogens is 2. The van der Waals surface area contributed by atoms with Gasteiger partial charge in [-0.1, -0.05) is 18.2 Å². The molecular formula is C15H18N4O2S. The van der Waals surface area contributed by atoms with Gasteiger partial charge in [0.05, 0.1) is 16.6 Å². The van der Waals surface area contributed by atoms with Crippen molar-refractivity contribution in [2.24, 2.45) is 0 Å². The predicted octanol–water partition coefficient (Wildman–Crippen LogP) is 1.96. The summed E-state index contributed by atoms with van der Waals surface area (Å²) < 4.78 is 26.9. The standard InChI is InChI=1S/C15H18N4O2S/c1-11-17-13(10-15(16-2)18-11)14-8-9-19(14)22(20,21)12-6-4-3-5-7-12/h3-7,10,14H,8-9H2,1-2H3,(H,16,17,18). The average Bonchev–Trinajstić information content (AvgIpc) is 2.46. The van der Waals surface area contributed by atoms with Crippen molar-refractivity contribution < 1.29 is 8.42 Å². The lowest BCUT2D eigenvalue weighted by Crippen LogP contribution is -2.45. The SMILES string of the molecule is CNc1cc(C2CCN2S(=O)(=O)c2ccccc2)nc(C)n1. The van der Waals surface area contributed by atoms with Crippen LogP contribution in [0.3, 0.4) is 0 Å². The van der Waals surface area contributed by atoms with Crippen molar-refractivity contribution in [3.8, 4) is 0 Å². The molecule has 1 aliphatic heterocycles. The fourth-order valence-corrected chi connectivity index (χ4v) is 4.23. The van der Waals surface area contributed by atoms with Crippen LogP contribution >= 0.6 is 0 Å². The highest BCUT2D eigenvalue weighted by atomic mass is 32.2. The molecule has 2 heterocycles. The lowest BCUT2D eigenvalue weighted by Gasteiger charge is -2.39. The zero-order valence-electron chi connectivity index (χ0n) is 12.5. The second-order valence-corrected chi connectivity index (χ2v) is 7.10. The van der Waals surface area contributed by atoms with Gasteiger partial charge in [-0.25, -0.2) is 18.4 Å². The van der Waals surface area contributed by atoms with Crippen molar-refractivity contribution in [1.82, 2.24) is 14.3 Å². The Hall–Kier alpha value is -1.99. The summed E-state index contributed by atoms with van der Waals surface area (Å²) in [5.74, 6) is 1.33. The molecule has 1 aromatic heterocycles. The lowest BCUT2D eigenvalue weighted by molar-refractivity contribution is 0.197. The molecule has 7 heteroatoms. The number of anilines is 1. The van der Waals surface area contributed by atoms with E-state index in [9.17, 15) is 8.42 Å². The van der Waals surface area contributed by atoms with Crippen molar-refractivity contribution >= 4 is 15.8 Å². The summed E-state index contributed by atoms with van der Waals surface area (Å²) in [4.78, 5) is 8.97. The maximum absolute atomic E-state index is 12.7. The summed E-state index contributed by atoms with van der Waals surface area (Å²) in [6.07, 6.45) is 0.770. The molecule has 0 radical (unpaired) electrons. The minimum atomic E-state index is -3.48. The highest BCUT2D eigenvalue weighted by molar-refractivity contribution is 7.89. The van der Waals surface area contributed by atoms with E-state index in [1.54, 1.807) is 44.3 Å². The molecule has 1 aromatic carbocycles. The van der Waals surface area contributed by atoms with Crippen LogP contribution in [0.5, 0.6) is 0 Å². The average molecular weight is 318 g/mol. The quantitative estimate of drug-likeness (QED) is 0.933. The van der Waals surface area contributed by atoms with E-state index in [1.165, 1.54) is 4.31 Å². The third-order valence-corrected chi connectivity index (χ3v) is 5.70. The van der Waals surface area contributed by atoms with Crippen molar-refractivity contribution in [3.63, 3.8) is 0 Å². The first-order valence-electron chi connectivity index (χ1n) is 7.12. The Morgan fingerprint density at radius 1 is 1.23 bits per heavy atom. The third-order valence-electron chi connectivity index (χ3n) is 3.78. The molecule has 0 saturated carbocycles. The number of rotatable bonds is 4. The molecule has 1 aliphatic rings. The van der Waals surface area contributed by atoms with E-state index in [0.29, 0.717) is 23.1 Å². The van der Waals surface area contributed by atoms with Gasteiger partial charge < -0.3 is 5.32 Å². The van der Waals surface area contributed by atoms with E-state index in [4.69, 9.17) is 0 Å². The fourth-order valence-electron chi connectivity index (χ4n) is 2.56. The molecular weight excluding hydrogens is 300 g/mol. The normalized spacial score (nSPS) is 18.7. The van der Waals surface area contributed by atoms with Gasteiger partial charge in [-0.3, -0.25) is 0 Å². The Labute approximate surface area is 130 Å². The Morgan fingerprint density at radius 3 is 2.55 bits per heavy atom. The summed E-state index contributed by atoms with van der Waals surface area (Å²) in [7, 11) is -1.70. The molecule has 1 saturated heterocycles. The number of aryl methyl sites for hydroxylation is 1. The van der Waals surface area contributed by atoms with Crippen LogP contribution in [0.4, 0.5) is 5.82 Å². The molecule has 0 bridgehead atoms. The smallest absolute Gasteiger partial charge is 0.243 e. The van der Waals surface area contributed by atoms with E-state index in [1.807, 2.05) is 6.07 Å². The highest BCUT2D eigenvalue weighted by Gasteiger charge is 2.40. The summed E-state index contributed by atoms with van der Waals surface area (Å²) in [5, 5.41) is 2.98. The topological polar surface area (TPSA) is 75.2 Å². The molecule has 0 spiro atoms. The molecule has 1 N–H and O–H groups in total. The van der Waals surface area contributed by atoms with Gasteiger partial charge in [-0.05, 0) is 25.5 Å². The summed E-state index contributed by atoms with van der Waals surface area (Å²) in [6, 6.07) is 10.1. The molecule has 1 fully saturated rings. The van der Waals surface area contributed by atoms with Gasteiger partial charge >= 0.3 is 0 Å². The number of benzene rings is 1. The van der Waals surface area contributed by atoms with Gasteiger partial charge in [0.15, 0.2) is 0 Å². The molecule has 1 atom stereocenters. The largest absolute Gasteiger partial charge is 0.373 e. The van der Waals surface area contributed by atoms with E-state index in [-0.39, 0.29) is 6.04 Å². The van der Waals surface area contributed by atoms with E-state index >= 15 is 0 Å². The van der Waals surface area contributed by atoms with E-state index in [0.717, 1.165) is 12.1 Å². The second-order valence-electron chi connectivity index (χ2n) is 5.21. The lowest BCUT2D eigenvalue weighted by atomic mass is 10.0. The van der Waals surface area contributed by atoms with Crippen LogP contribution in [0.15, 0.2) is 41.3 Å². The molecule has 116 valence electrons. The van der Waals surface area contributed by atoms with Crippen molar-refractivity contribution in [2.75, 3.05) is 18.9 Å². The zero-order chi connectivity index (χ0) is 15.7. The van der Waals surface area contributed by atoms with Gasteiger partial charge in [-0.15, -0.1) is 0 Å². The molecule has 3 rings (SSSR count). The fraction of sp³-hybridized carbons (Fsp3) is 0.333. The number of nitrogens with one attached hydrogen (secondary N) is 1. The molecule has 1 unspecified atom stereocenters. The van der Waals surface area contributed by atoms with E-state index in [2.05, 4.69) is 15.3 Å². The van der Waals surface area contributed by atoms with Gasteiger partial charge in [0, 0.05) is 19.7 Å². The predicted molar refractivity (Wildman–Crippen MR) is 84.0 cm³/mol. The maximum atomic E-state index is 12.7. The van der Waals surface area contributed by atoms with Crippen LogP contribution in [0.25, 0.3) is 0 Å². The monoisotopic (exact) mass is 318 g/mol. The van der Waals surface area contributed by atoms with Crippen molar-refractivity contribution in [2.45, 2.75) is 24.3 Å². The van der Waals surface area contributed by atoms with Crippen LogP contribution in [-0.4, -0.2) is 36.3 Å². The highest BCUT2D eigenvalue weighted by Crippen LogP contribution is 2.37. The molecule has 22 heavy (non-hydrogen) atoms. The maximum Gasteiger partial charge on any atom is 0.243 e. The zero-order valence-corrected chi connectivity index (χ0v) is 13.3. The molecule has 0 amide bonds. The first-order valence-corrected chi connectivity index (χ1v) is 8.56. The van der Waals surface area contributed by atoms with Crippen LogP contribution in [-0.2, 0) is 10.0 Å². The molecule has 6 nitrogen and oxygen atoms in total. The summed E-state index contributed by atoms with van der Waals surface area (Å²) >= 11 is 0.